The highest BCUT2D eigenvalue weighted by molar-refractivity contribution is 5.48. The summed E-state index contributed by atoms with van der Waals surface area (Å²) >= 11 is 0. The Hall–Kier alpha value is -1.85. The molecular formula is C19H28N4O. The van der Waals surface area contributed by atoms with E-state index in [2.05, 4.69) is 59.9 Å². The molecule has 1 aromatic carbocycles. The van der Waals surface area contributed by atoms with Crippen LogP contribution in [0.15, 0.2) is 24.3 Å². The third-order valence-corrected chi connectivity index (χ3v) is 4.96. The van der Waals surface area contributed by atoms with Gasteiger partial charge in [-0.25, -0.2) is 0 Å². The van der Waals surface area contributed by atoms with Crippen molar-refractivity contribution >= 4 is 5.69 Å². The molecule has 0 aliphatic carbocycles. The number of aliphatic hydroxyl groups excluding tert-OH is 1. The Kier molecular flexibility index (Phi) is 5.21. The van der Waals surface area contributed by atoms with Crippen LogP contribution in [0.25, 0.3) is 0 Å². The lowest BCUT2D eigenvalue weighted by Gasteiger charge is -2.36. The lowest BCUT2D eigenvalue weighted by Crippen LogP contribution is -2.46. The molecule has 5 heteroatoms. The van der Waals surface area contributed by atoms with Gasteiger partial charge in [-0.3, -0.25) is 9.58 Å². The van der Waals surface area contributed by atoms with Crippen LogP contribution in [0.3, 0.4) is 0 Å². The molecule has 2 heterocycles. The fourth-order valence-corrected chi connectivity index (χ4v) is 3.49. The first-order chi connectivity index (χ1) is 11.6. The van der Waals surface area contributed by atoms with Crippen molar-refractivity contribution in [3.63, 3.8) is 0 Å². The number of aromatic nitrogens is 2. The van der Waals surface area contributed by atoms with Gasteiger partial charge in [0.05, 0.1) is 18.8 Å². The molecular weight excluding hydrogens is 300 g/mol. The van der Waals surface area contributed by atoms with Gasteiger partial charge in [-0.05, 0) is 38.5 Å². The van der Waals surface area contributed by atoms with Crippen molar-refractivity contribution in [2.24, 2.45) is 0 Å². The van der Waals surface area contributed by atoms with Crippen LogP contribution in [0.4, 0.5) is 5.69 Å². The third-order valence-electron chi connectivity index (χ3n) is 4.96. The number of benzene rings is 1. The minimum atomic E-state index is 0.135. The van der Waals surface area contributed by atoms with Crippen LogP contribution in [0.1, 0.15) is 22.5 Å². The van der Waals surface area contributed by atoms with Crippen molar-refractivity contribution in [1.29, 1.82) is 0 Å². The highest BCUT2D eigenvalue weighted by Gasteiger charge is 2.20. The van der Waals surface area contributed by atoms with Crippen LogP contribution in [-0.2, 0) is 13.1 Å². The Balaban J connectivity index is 1.62. The third kappa shape index (κ3) is 3.62. The maximum atomic E-state index is 9.15. The molecule has 0 atom stereocenters. The summed E-state index contributed by atoms with van der Waals surface area (Å²) in [5.41, 5.74) is 6.23. The summed E-state index contributed by atoms with van der Waals surface area (Å²) in [5.74, 6) is 0. The van der Waals surface area contributed by atoms with Gasteiger partial charge >= 0.3 is 0 Å². The number of aryl methyl sites for hydroxylation is 2. The SMILES string of the molecule is Cc1cccc(N2CCN(Cc3c(C)nn(CCO)c3C)CC2)c1. The molecule has 0 amide bonds. The Morgan fingerprint density at radius 3 is 2.50 bits per heavy atom. The molecule has 0 spiro atoms. The first-order valence-corrected chi connectivity index (χ1v) is 8.76. The van der Waals surface area contributed by atoms with Gasteiger partial charge in [-0.1, -0.05) is 12.1 Å². The topological polar surface area (TPSA) is 44.5 Å². The zero-order valence-electron chi connectivity index (χ0n) is 15.0. The number of aliphatic hydroxyl groups is 1. The molecule has 2 aromatic rings. The van der Waals surface area contributed by atoms with Crippen LogP contribution in [0.5, 0.6) is 0 Å². The van der Waals surface area contributed by atoms with Crippen LogP contribution in [0.2, 0.25) is 0 Å². The molecule has 1 saturated heterocycles. The Labute approximate surface area is 144 Å². The van der Waals surface area contributed by atoms with Crippen molar-refractivity contribution in [1.82, 2.24) is 14.7 Å². The van der Waals surface area contributed by atoms with Gasteiger partial charge in [-0.15, -0.1) is 0 Å². The van der Waals surface area contributed by atoms with Crippen LogP contribution in [-0.4, -0.2) is 52.6 Å². The molecule has 1 aliphatic rings. The number of nitrogens with zero attached hydrogens (tertiary/aromatic N) is 4. The molecule has 1 aromatic heterocycles. The molecule has 3 rings (SSSR count). The molecule has 0 bridgehead atoms. The van der Waals surface area contributed by atoms with E-state index < -0.39 is 0 Å². The molecule has 1 aliphatic heterocycles. The normalized spacial score (nSPS) is 15.9. The molecule has 1 fully saturated rings. The number of rotatable bonds is 5. The average molecular weight is 328 g/mol. The maximum absolute atomic E-state index is 9.15. The standard InChI is InChI=1S/C19H28N4O/c1-15-5-4-6-18(13-15)22-9-7-21(8-10-22)14-19-16(2)20-23(11-12-24)17(19)3/h4-6,13,24H,7-12,14H2,1-3H3. The summed E-state index contributed by atoms with van der Waals surface area (Å²) < 4.78 is 1.92. The zero-order valence-corrected chi connectivity index (χ0v) is 15.0. The van der Waals surface area contributed by atoms with E-state index in [0.717, 1.165) is 38.4 Å². The van der Waals surface area contributed by atoms with E-state index in [-0.39, 0.29) is 6.61 Å². The quantitative estimate of drug-likeness (QED) is 0.913. The molecule has 0 radical (unpaired) electrons. The Bertz CT molecular complexity index is 687. The van der Waals surface area contributed by atoms with Gasteiger partial charge in [-0.2, -0.15) is 5.10 Å². The minimum absolute atomic E-state index is 0.135. The highest BCUT2D eigenvalue weighted by Crippen LogP contribution is 2.20. The molecule has 0 saturated carbocycles. The number of anilines is 1. The summed E-state index contributed by atoms with van der Waals surface area (Å²) in [5, 5.41) is 13.7. The molecule has 5 nitrogen and oxygen atoms in total. The van der Waals surface area contributed by atoms with Crippen molar-refractivity contribution in [2.75, 3.05) is 37.7 Å². The van der Waals surface area contributed by atoms with Crippen LogP contribution >= 0.6 is 0 Å². The van der Waals surface area contributed by atoms with Gasteiger partial charge in [0, 0.05) is 49.7 Å². The highest BCUT2D eigenvalue weighted by atomic mass is 16.3. The van der Waals surface area contributed by atoms with Crippen molar-refractivity contribution in [3.8, 4) is 0 Å². The second kappa shape index (κ2) is 7.36. The van der Waals surface area contributed by atoms with E-state index >= 15 is 0 Å². The van der Waals surface area contributed by atoms with E-state index in [0.29, 0.717) is 6.54 Å². The molecule has 0 unspecified atom stereocenters. The molecule has 1 N–H and O–H groups in total. The van der Waals surface area contributed by atoms with E-state index in [4.69, 9.17) is 5.11 Å². The van der Waals surface area contributed by atoms with Crippen molar-refractivity contribution in [3.05, 3.63) is 46.8 Å². The number of hydrogen-bond acceptors (Lipinski definition) is 4. The van der Waals surface area contributed by atoms with E-state index in [9.17, 15) is 0 Å². The Morgan fingerprint density at radius 1 is 1.08 bits per heavy atom. The monoisotopic (exact) mass is 328 g/mol. The molecule has 130 valence electrons. The average Bonchev–Trinajstić information content (AvgIpc) is 2.83. The van der Waals surface area contributed by atoms with Gasteiger partial charge in [0.1, 0.15) is 0 Å². The lowest BCUT2D eigenvalue weighted by molar-refractivity contribution is 0.248. The van der Waals surface area contributed by atoms with Gasteiger partial charge in [0.25, 0.3) is 0 Å². The van der Waals surface area contributed by atoms with E-state index in [1.54, 1.807) is 0 Å². The summed E-state index contributed by atoms with van der Waals surface area (Å²) in [6.45, 7) is 12.2. The predicted octanol–water partition coefficient (Wildman–Crippen LogP) is 2.12. The second-order valence-electron chi connectivity index (χ2n) is 6.70. The van der Waals surface area contributed by atoms with Crippen LogP contribution in [0, 0.1) is 20.8 Å². The lowest BCUT2D eigenvalue weighted by atomic mass is 10.1. The first kappa shape index (κ1) is 17.0. The largest absolute Gasteiger partial charge is 0.394 e. The van der Waals surface area contributed by atoms with Crippen molar-refractivity contribution in [2.45, 2.75) is 33.9 Å². The number of piperazine rings is 1. The predicted molar refractivity (Wildman–Crippen MR) is 97.5 cm³/mol. The van der Waals surface area contributed by atoms with Gasteiger partial charge < -0.3 is 10.0 Å². The summed E-state index contributed by atoms with van der Waals surface area (Å²) in [7, 11) is 0. The maximum Gasteiger partial charge on any atom is 0.0644 e. The number of hydrogen-bond donors (Lipinski definition) is 1. The minimum Gasteiger partial charge on any atom is -0.394 e. The first-order valence-electron chi connectivity index (χ1n) is 8.76. The van der Waals surface area contributed by atoms with Gasteiger partial charge in [0.15, 0.2) is 0 Å². The van der Waals surface area contributed by atoms with Crippen molar-refractivity contribution < 1.29 is 5.11 Å². The smallest absolute Gasteiger partial charge is 0.0644 e. The van der Waals surface area contributed by atoms with E-state index in [1.165, 1.54) is 22.5 Å². The van der Waals surface area contributed by atoms with Gasteiger partial charge in [0.2, 0.25) is 0 Å². The fourth-order valence-electron chi connectivity index (χ4n) is 3.49. The Morgan fingerprint density at radius 2 is 1.83 bits per heavy atom. The zero-order chi connectivity index (χ0) is 17.1. The van der Waals surface area contributed by atoms with Crippen LogP contribution < -0.4 is 4.90 Å². The summed E-state index contributed by atoms with van der Waals surface area (Å²) in [4.78, 5) is 4.98. The summed E-state index contributed by atoms with van der Waals surface area (Å²) in [6.07, 6.45) is 0. The fraction of sp³-hybridized carbons (Fsp3) is 0.526. The second-order valence-corrected chi connectivity index (χ2v) is 6.70. The van der Waals surface area contributed by atoms with E-state index in [1.807, 2.05) is 4.68 Å². The summed E-state index contributed by atoms with van der Waals surface area (Å²) in [6, 6.07) is 8.76. The molecule has 24 heavy (non-hydrogen) atoms.